The molecular formula is C23H16N4O6. The fraction of sp³-hybridized carbons (Fsp3) is 0.0435. The van der Waals surface area contributed by atoms with E-state index in [9.17, 15) is 25.1 Å². The van der Waals surface area contributed by atoms with E-state index in [0.717, 1.165) is 0 Å². The minimum absolute atomic E-state index is 0.0442. The number of benzene rings is 3. The summed E-state index contributed by atoms with van der Waals surface area (Å²) >= 11 is 0. The summed E-state index contributed by atoms with van der Waals surface area (Å²) in [6.07, 6.45) is 0. The van der Waals surface area contributed by atoms with Crippen LogP contribution in [-0.4, -0.2) is 43.2 Å². The number of methoxy groups -OCH3 is 1. The Morgan fingerprint density at radius 2 is 1.48 bits per heavy atom. The van der Waals surface area contributed by atoms with Gasteiger partial charge in [-0.1, -0.05) is 30.3 Å². The summed E-state index contributed by atoms with van der Waals surface area (Å²) in [5.74, 6) is -0.994. The molecule has 0 aliphatic heterocycles. The second-order valence-corrected chi connectivity index (χ2v) is 6.82. The quantitative estimate of drug-likeness (QED) is 0.265. The molecule has 0 saturated heterocycles. The highest BCUT2D eigenvalue weighted by molar-refractivity contribution is 5.89. The SMILES string of the molecule is COC(=O)c1ccc(-c2nc(-c3ccccc3O)nc(-c3c(O)cccc3[N+](=O)[O-])n2)cc1. The molecule has 0 amide bonds. The Morgan fingerprint density at radius 3 is 2.15 bits per heavy atom. The maximum absolute atomic E-state index is 11.7. The molecule has 0 bridgehead atoms. The first kappa shape index (κ1) is 21.4. The summed E-state index contributed by atoms with van der Waals surface area (Å²) in [5, 5.41) is 32.3. The van der Waals surface area contributed by atoms with Crippen LogP contribution in [-0.2, 0) is 4.74 Å². The summed E-state index contributed by atoms with van der Waals surface area (Å²) in [6, 6.07) is 16.4. The third-order valence-corrected chi connectivity index (χ3v) is 4.79. The van der Waals surface area contributed by atoms with E-state index in [0.29, 0.717) is 11.1 Å². The highest BCUT2D eigenvalue weighted by Gasteiger charge is 2.24. The largest absolute Gasteiger partial charge is 0.507 e. The van der Waals surface area contributed by atoms with Gasteiger partial charge in [0.25, 0.3) is 5.69 Å². The van der Waals surface area contributed by atoms with Gasteiger partial charge < -0.3 is 14.9 Å². The van der Waals surface area contributed by atoms with Crippen molar-refractivity contribution in [3.8, 4) is 45.7 Å². The Bertz CT molecular complexity index is 1370. The minimum Gasteiger partial charge on any atom is -0.507 e. The number of nitrogens with zero attached hydrogens (tertiary/aromatic N) is 4. The first-order chi connectivity index (χ1) is 15.9. The molecule has 3 aromatic carbocycles. The lowest BCUT2D eigenvalue weighted by Gasteiger charge is -2.10. The summed E-state index contributed by atoms with van der Waals surface area (Å²) in [5.41, 5.74) is 0.478. The van der Waals surface area contributed by atoms with Gasteiger partial charge in [-0.25, -0.2) is 19.7 Å². The van der Waals surface area contributed by atoms with Crippen LogP contribution in [0.4, 0.5) is 5.69 Å². The van der Waals surface area contributed by atoms with E-state index in [1.807, 2.05) is 0 Å². The molecule has 1 heterocycles. The molecule has 10 nitrogen and oxygen atoms in total. The number of aromatic nitrogens is 3. The maximum atomic E-state index is 11.7. The lowest BCUT2D eigenvalue weighted by atomic mass is 10.1. The Kier molecular flexibility index (Phi) is 5.64. The van der Waals surface area contributed by atoms with Crippen LogP contribution in [0.1, 0.15) is 10.4 Å². The molecule has 164 valence electrons. The normalized spacial score (nSPS) is 10.6. The molecule has 10 heteroatoms. The van der Waals surface area contributed by atoms with Crippen LogP contribution in [0.25, 0.3) is 34.2 Å². The third kappa shape index (κ3) is 4.17. The van der Waals surface area contributed by atoms with Crippen LogP contribution in [0.5, 0.6) is 11.5 Å². The van der Waals surface area contributed by atoms with Crippen molar-refractivity contribution in [3.05, 3.63) is 82.4 Å². The number of nitro benzene ring substituents is 1. The molecule has 0 saturated carbocycles. The first-order valence-electron chi connectivity index (χ1n) is 9.59. The number of rotatable bonds is 5. The number of aromatic hydroxyl groups is 2. The van der Waals surface area contributed by atoms with Crippen LogP contribution in [0, 0.1) is 10.1 Å². The van der Waals surface area contributed by atoms with Crippen LogP contribution < -0.4 is 0 Å². The Hall–Kier alpha value is -4.86. The molecular weight excluding hydrogens is 428 g/mol. The molecule has 0 aliphatic rings. The second kappa shape index (κ2) is 8.71. The number of hydrogen-bond acceptors (Lipinski definition) is 9. The fourth-order valence-corrected chi connectivity index (χ4v) is 3.18. The predicted molar refractivity (Wildman–Crippen MR) is 117 cm³/mol. The van der Waals surface area contributed by atoms with Gasteiger partial charge in [-0.05, 0) is 30.3 Å². The molecule has 1 aromatic heterocycles. The fourth-order valence-electron chi connectivity index (χ4n) is 3.18. The lowest BCUT2D eigenvalue weighted by molar-refractivity contribution is -0.384. The van der Waals surface area contributed by atoms with E-state index in [-0.39, 0.29) is 40.1 Å². The van der Waals surface area contributed by atoms with Crippen LogP contribution in [0.2, 0.25) is 0 Å². The van der Waals surface area contributed by atoms with Crippen molar-refractivity contribution >= 4 is 11.7 Å². The van der Waals surface area contributed by atoms with Gasteiger partial charge >= 0.3 is 5.97 Å². The van der Waals surface area contributed by atoms with E-state index in [4.69, 9.17) is 4.74 Å². The number of carbonyl (C=O) groups is 1. The summed E-state index contributed by atoms with van der Waals surface area (Å²) in [4.78, 5) is 35.7. The minimum atomic E-state index is -0.649. The van der Waals surface area contributed by atoms with Crippen molar-refractivity contribution in [1.29, 1.82) is 0 Å². The average Bonchev–Trinajstić information content (AvgIpc) is 2.83. The molecule has 4 rings (SSSR count). The zero-order valence-electron chi connectivity index (χ0n) is 17.2. The monoisotopic (exact) mass is 444 g/mol. The van der Waals surface area contributed by atoms with E-state index in [2.05, 4.69) is 15.0 Å². The average molecular weight is 444 g/mol. The molecule has 0 unspecified atom stereocenters. The van der Waals surface area contributed by atoms with Gasteiger partial charge in [-0.3, -0.25) is 10.1 Å². The van der Waals surface area contributed by atoms with Gasteiger partial charge in [0.05, 0.1) is 23.2 Å². The van der Waals surface area contributed by atoms with Gasteiger partial charge in [-0.15, -0.1) is 0 Å². The van der Waals surface area contributed by atoms with Gasteiger partial charge in [0, 0.05) is 11.6 Å². The molecule has 0 fully saturated rings. The maximum Gasteiger partial charge on any atom is 0.337 e. The zero-order chi connectivity index (χ0) is 23.5. The Balaban J connectivity index is 1.96. The summed E-state index contributed by atoms with van der Waals surface area (Å²) in [6.45, 7) is 0. The number of esters is 1. The highest BCUT2D eigenvalue weighted by Crippen LogP contribution is 2.37. The number of para-hydroxylation sites is 1. The molecule has 33 heavy (non-hydrogen) atoms. The van der Waals surface area contributed by atoms with E-state index in [1.54, 1.807) is 30.3 Å². The molecule has 0 atom stereocenters. The van der Waals surface area contributed by atoms with Crippen molar-refractivity contribution in [3.63, 3.8) is 0 Å². The number of carbonyl (C=O) groups excluding carboxylic acids is 1. The topological polar surface area (TPSA) is 149 Å². The van der Waals surface area contributed by atoms with Gasteiger partial charge in [0.1, 0.15) is 17.1 Å². The summed E-state index contributed by atoms with van der Waals surface area (Å²) < 4.78 is 4.70. The zero-order valence-corrected chi connectivity index (χ0v) is 17.2. The second-order valence-electron chi connectivity index (χ2n) is 6.82. The number of nitro groups is 1. The molecule has 4 aromatic rings. The van der Waals surface area contributed by atoms with Crippen LogP contribution >= 0.6 is 0 Å². The Morgan fingerprint density at radius 1 is 0.848 bits per heavy atom. The molecule has 0 radical (unpaired) electrons. The van der Waals surface area contributed by atoms with Crippen LogP contribution in [0.3, 0.4) is 0 Å². The number of phenols is 2. The number of phenolic OH excluding ortho intramolecular Hbond substituents is 2. The first-order valence-corrected chi connectivity index (χ1v) is 9.59. The van der Waals surface area contributed by atoms with Gasteiger partial charge in [-0.2, -0.15) is 0 Å². The van der Waals surface area contributed by atoms with E-state index in [1.165, 1.54) is 43.5 Å². The van der Waals surface area contributed by atoms with E-state index < -0.39 is 16.6 Å². The third-order valence-electron chi connectivity index (χ3n) is 4.79. The van der Waals surface area contributed by atoms with Crippen molar-refractivity contribution < 1.29 is 24.7 Å². The lowest BCUT2D eigenvalue weighted by Crippen LogP contribution is -2.03. The van der Waals surface area contributed by atoms with Gasteiger partial charge in [0.15, 0.2) is 17.5 Å². The molecule has 0 aliphatic carbocycles. The molecule has 0 spiro atoms. The van der Waals surface area contributed by atoms with Crippen molar-refractivity contribution in [2.45, 2.75) is 0 Å². The van der Waals surface area contributed by atoms with Crippen molar-refractivity contribution in [1.82, 2.24) is 15.0 Å². The van der Waals surface area contributed by atoms with Gasteiger partial charge in [0.2, 0.25) is 0 Å². The summed E-state index contributed by atoms with van der Waals surface area (Å²) in [7, 11) is 1.27. The standard InChI is InChI=1S/C23H16N4O6/c1-33-23(30)14-11-9-13(10-12-14)20-24-21(15-5-2-3-7-17(15)28)26-22(25-20)19-16(27(31)32)6-4-8-18(19)29/h2-12,28-29H,1H3. The van der Waals surface area contributed by atoms with Crippen molar-refractivity contribution in [2.75, 3.05) is 7.11 Å². The van der Waals surface area contributed by atoms with Crippen molar-refractivity contribution in [2.24, 2.45) is 0 Å². The predicted octanol–water partition coefficient (Wildman–Crippen LogP) is 3.98. The van der Waals surface area contributed by atoms with E-state index >= 15 is 0 Å². The highest BCUT2D eigenvalue weighted by atomic mass is 16.6. The molecule has 2 N–H and O–H groups in total. The number of ether oxygens (including phenoxy) is 1. The van der Waals surface area contributed by atoms with Crippen LogP contribution in [0.15, 0.2) is 66.7 Å². The number of hydrogen-bond donors (Lipinski definition) is 2. The Labute approximate surface area is 187 Å². The smallest absolute Gasteiger partial charge is 0.337 e.